The van der Waals surface area contributed by atoms with Crippen molar-refractivity contribution in [2.45, 2.75) is 154 Å². The van der Waals surface area contributed by atoms with Gasteiger partial charge in [-0.2, -0.15) is 0 Å². The van der Waals surface area contributed by atoms with Gasteiger partial charge in [-0.05, 0) is 25.7 Å². The molecule has 0 rings (SSSR count). The summed E-state index contributed by atoms with van der Waals surface area (Å²) in [6.07, 6.45) is 21.1. The maximum atomic E-state index is 11.4. The van der Waals surface area contributed by atoms with E-state index in [0.717, 1.165) is 38.5 Å². The number of hydrogen-bond acceptors (Lipinski definition) is 4. The summed E-state index contributed by atoms with van der Waals surface area (Å²) in [4.78, 5) is 0. The van der Waals surface area contributed by atoms with E-state index in [9.17, 15) is 18.1 Å². The Morgan fingerprint density at radius 1 is 0.600 bits per heavy atom. The average Bonchev–Trinajstić information content (AvgIpc) is 2.67. The maximum absolute atomic E-state index is 11.4. The molecule has 6 heteroatoms. The van der Waals surface area contributed by atoms with Crippen LogP contribution in [0.1, 0.15) is 142 Å². The second-order valence-corrected chi connectivity index (χ2v) is 10.5. The van der Waals surface area contributed by atoms with Gasteiger partial charge in [0.2, 0.25) is 0 Å². The fourth-order valence-electron chi connectivity index (χ4n) is 3.98. The van der Waals surface area contributed by atoms with Crippen LogP contribution in [0.15, 0.2) is 0 Å². The van der Waals surface area contributed by atoms with E-state index in [-0.39, 0.29) is 51.4 Å². The van der Waals surface area contributed by atoms with Crippen molar-refractivity contribution in [1.29, 1.82) is 0 Å². The molecule has 0 bridgehead atoms. The van der Waals surface area contributed by atoms with E-state index in [1.54, 1.807) is 0 Å². The Hall–Kier alpha value is 1.51. The van der Waals surface area contributed by atoms with Crippen LogP contribution in [-0.4, -0.2) is 29.4 Å². The Morgan fingerprint density at radius 3 is 1.40 bits per heavy atom. The van der Waals surface area contributed by atoms with Crippen LogP contribution < -0.4 is 51.4 Å². The SMILES string of the molecule is CCCCCCCCCCCCCCCC(O)CCC(CCCCC)S(=O)(=O)[O-].[K+]. The molecule has 2 atom stereocenters. The fourth-order valence-corrected chi connectivity index (χ4v) is 4.86. The topological polar surface area (TPSA) is 77.4 Å². The first kappa shape index (κ1) is 33.7. The van der Waals surface area contributed by atoms with Gasteiger partial charge >= 0.3 is 51.4 Å². The minimum absolute atomic E-state index is 0. The first-order valence-corrected chi connectivity index (χ1v) is 14.0. The Bertz CT molecular complexity index is 442. The molecule has 0 aliphatic rings. The molecular weight excluding hydrogens is 423 g/mol. The van der Waals surface area contributed by atoms with Crippen molar-refractivity contribution in [1.82, 2.24) is 0 Å². The van der Waals surface area contributed by atoms with Gasteiger partial charge in [0.15, 0.2) is 0 Å². The molecule has 0 aliphatic heterocycles. The molecule has 0 aromatic carbocycles. The van der Waals surface area contributed by atoms with Gasteiger partial charge in [-0.1, -0.05) is 117 Å². The molecule has 0 amide bonds. The Morgan fingerprint density at radius 2 is 0.967 bits per heavy atom. The van der Waals surface area contributed by atoms with Gasteiger partial charge in [-0.25, -0.2) is 8.42 Å². The molecule has 0 heterocycles. The third-order valence-corrected chi connectivity index (χ3v) is 7.29. The Kier molecular flexibility index (Phi) is 26.6. The van der Waals surface area contributed by atoms with E-state index >= 15 is 0 Å². The van der Waals surface area contributed by atoms with Crippen LogP contribution in [0.4, 0.5) is 0 Å². The summed E-state index contributed by atoms with van der Waals surface area (Å²) in [7, 11) is -4.25. The van der Waals surface area contributed by atoms with Crippen LogP contribution in [-0.2, 0) is 10.1 Å². The van der Waals surface area contributed by atoms with Gasteiger partial charge in [-0.15, -0.1) is 0 Å². The normalized spacial score (nSPS) is 13.7. The predicted octanol–water partition coefficient (Wildman–Crippen LogP) is 4.11. The van der Waals surface area contributed by atoms with Crippen LogP contribution in [0, 0.1) is 0 Å². The molecule has 0 saturated carbocycles. The molecule has 0 fully saturated rings. The van der Waals surface area contributed by atoms with Gasteiger partial charge in [0, 0.05) is 5.25 Å². The van der Waals surface area contributed by atoms with Crippen molar-refractivity contribution in [2.24, 2.45) is 0 Å². The van der Waals surface area contributed by atoms with E-state index in [2.05, 4.69) is 13.8 Å². The maximum Gasteiger partial charge on any atom is 1.00 e. The quantitative estimate of drug-likeness (QED) is 0.146. The van der Waals surface area contributed by atoms with E-state index < -0.39 is 21.5 Å². The van der Waals surface area contributed by atoms with Gasteiger partial charge in [0.1, 0.15) is 0 Å². The largest absolute Gasteiger partial charge is 1.00 e. The van der Waals surface area contributed by atoms with Crippen LogP contribution in [0.3, 0.4) is 0 Å². The molecule has 0 radical (unpaired) electrons. The smallest absolute Gasteiger partial charge is 0.748 e. The Labute approximate surface area is 230 Å². The standard InChI is InChI=1S/C24H50O4S.K/c1-3-5-7-8-9-10-11-12-13-14-15-16-18-19-23(25)21-22-24(29(26,27)28)20-17-6-4-2;/h23-25H,3-22H2,1-2H3,(H,26,27,28);/q;+1/p-1. The number of unbranched alkanes of at least 4 members (excludes halogenated alkanes) is 14. The Balaban J connectivity index is 0. The molecular formula is C24H49KO4S. The van der Waals surface area contributed by atoms with Gasteiger partial charge in [0.25, 0.3) is 0 Å². The molecule has 0 aromatic heterocycles. The van der Waals surface area contributed by atoms with Crippen molar-refractivity contribution in [2.75, 3.05) is 0 Å². The van der Waals surface area contributed by atoms with Crippen LogP contribution in [0.5, 0.6) is 0 Å². The number of hydrogen-bond donors (Lipinski definition) is 1. The molecule has 4 nitrogen and oxygen atoms in total. The van der Waals surface area contributed by atoms with Crippen LogP contribution >= 0.6 is 0 Å². The molecule has 0 spiro atoms. The van der Waals surface area contributed by atoms with E-state index in [0.29, 0.717) is 19.3 Å². The summed E-state index contributed by atoms with van der Waals surface area (Å²) in [6, 6.07) is 0. The zero-order valence-corrected chi connectivity index (χ0v) is 24.3. The van der Waals surface area contributed by atoms with Crippen LogP contribution in [0.2, 0.25) is 0 Å². The number of aliphatic hydroxyl groups excluding tert-OH is 1. The van der Waals surface area contributed by atoms with Gasteiger partial charge in [-0.3, -0.25) is 0 Å². The summed E-state index contributed by atoms with van der Waals surface area (Å²) in [6.45, 7) is 4.31. The molecule has 0 saturated heterocycles. The van der Waals surface area contributed by atoms with E-state index in [1.165, 1.54) is 70.6 Å². The van der Waals surface area contributed by atoms with E-state index in [1.807, 2.05) is 0 Å². The summed E-state index contributed by atoms with van der Waals surface area (Å²) < 4.78 is 34.2. The van der Waals surface area contributed by atoms with Crippen LogP contribution in [0.25, 0.3) is 0 Å². The first-order valence-electron chi connectivity index (χ1n) is 12.5. The van der Waals surface area contributed by atoms with Gasteiger partial charge < -0.3 is 9.66 Å². The zero-order chi connectivity index (χ0) is 21.8. The number of rotatable bonds is 22. The second kappa shape index (κ2) is 23.7. The summed E-state index contributed by atoms with van der Waals surface area (Å²) in [5.41, 5.74) is 0. The third kappa shape index (κ3) is 22.7. The number of aliphatic hydroxyl groups is 1. The van der Waals surface area contributed by atoms with Crippen molar-refractivity contribution in [3.8, 4) is 0 Å². The van der Waals surface area contributed by atoms with Crippen molar-refractivity contribution < 1.29 is 69.5 Å². The molecule has 30 heavy (non-hydrogen) atoms. The molecule has 2 unspecified atom stereocenters. The fraction of sp³-hybridized carbons (Fsp3) is 1.00. The van der Waals surface area contributed by atoms with Crippen molar-refractivity contribution in [3.63, 3.8) is 0 Å². The molecule has 0 aliphatic carbocycles. The summed E-state index contributed by atoms with van der Waals surface area (Å²) >= 11 is 0. The molecule has 1 N–H and O–H groups in total. The van der Waals surface area contributed by atoms with E-state index in [4.69, 9.17) is 0 Å². The minimum Gasteiger partial charge on any atom is -0.748 e. The minimum atomic E-state index is -4.25. The predicted molar refractivity (Wildman–Crippen MR) is 123 cm³/mol. The average molecular weight is 473 g/mol. The second-order valence-electron chi connectivity index (χ2n) is 8.87. The summed E-state index contributed by atoms with van der Waals surface area (Å²) in [5, 5.41) is 9.29. The van der Waals surface area contributed by atoms with Gasteiger partial charge in [0.05, 0.1) is 16.2 Å². The van der Waals surface area contributed by atoms with Crippen molar-refractivity contribution >= 4 is 10.1 Å². The molecule has 176 valence electrons. The third-order valence-electron chi connectivity index (χ3n) is 6.00. The molecule has 0 aromatic rings. The monoisotopic (exact) mass is 472 g/mol. The first-order chi connectivity index (χ1) is 13.9. The summed E-state index contributed by atoms with van der Waals surface area (Å²) in [5.74, 6) is 0. The zero-order valence-electron chi connectivity index (χ0n) is 20.4. The van der Waals surface area contributed by atoms with Crippen molar-refractivity contribution in [3.05, 3.63) is 0 Å².